The summed E-state index contributed by atoms with van der Waals surface area (Å²) in [5.41, 5.74) is 6.41. The molecule has 0 unspecified atom stereocenters. The minimum atomic E-state index is -0.697. The Bertz CT molecular complexity index is 1580. The number of hydrogen-bond acceptors (Lipinski definition) is 4. The van der Waals surface area contributed by atoms with Crippen LogP contribution in [0.2, 0.25) is 0 Å². The Morgan fingerprint density at radius 3 is 2.05 bits per heavy atom. The van der Waals surface area contributed by atoms with E-state index in [1.807, 2.05) is 111 Å². The van der Waals surface area contributed by atoms with Crippen LogP contribution in [-0.2, 0) is 18.0 Å². The van der Waals surface area contributed by atoms with Gasteiger partial charge in [-0.25, -0.2) is 4.79 Å². The van der Waals surface area contributed by atoms with E-state index >= 15 is 0 Å². The van der Waals surface area contributed by atoms with Crippen molar-refractivity contribution in [3.8, 4) is 11.5 Å². The number of ether oxygens (including phenoxy) is 2. The molecular formula is C34H33N3O4. The first kappa shape index (κ1) is 27.5. The van der Waals surface area contributed by atoms with E-state index in [9.17, 15) is 9.59 Å². The summed E-state index contributed by atoms with van der Waals surface area (Å²) in [4.78, 5) is 26.2. The molecule has 3 N–H and O–H groups in total. The fraction of sp³-hybridized carbons (Fsp3) is 0.176. The molecule has 0 radical (unpaired) electrons. The Morgan fingerprint density at radius 1 is 0.780 bits per heavy atom. The average Bonchev–Trinajstić information content (AvgIpc) is 2.97. The second-order valence-electron chi connectivity index (χ2n) is 10.1. The molecule has 1 aliphatic rings. The molecule has 0 saturated heterocycles. The van der Waals surface area contributed by atoms with Crippen molar-refractivity contribution < 1.29 is 19.1 Å². The van der Waals surface area contributed by atoms with Gasteiger partial charge in [-0.05, 0) is 61.2 Å². The van der Waals surface area contributed by atoms with Gasteiger partial charge in [0.15, 0.2) is 11.5 Å². The van der Waals surface area contributed by atoms with E-state index in [1.54, 1.807) is 6.92 Å². The monoisotopic (exact) mass is 547 g/mol. The number of rotatable bonds is 9. The van der Waals surface area contributed by atoms with E-state index < -0.39 is 6.04 Å². The minimum Gasteiger partial charge on any atom is -0.485 e. The number of amides is 3. The van der Waals surface area contributed by atoms with Crippen LogP contribution >= 0.6 is 0 Å². The van der Waals surface area contributed by atoms with Crippen molar-refractivity contribution in [1.82, 2.24) is 10.6 Å². The summed E-state index contributed by atoms with van der Waals surface area (Å²) in [5, 5.41) is 8.68. The van der Waals surface area contributed by atoms with E-state index in [-0.39, 0.29) is 11.9 Å². The highest BCUT2D eigenvalue weighted by Crippen LogP contribution is 2.36. The zero-order valence-electron chi connectivity index (χ0n) is 23.4. The van der Waals surface area contributed by atoms with Crippen LogP contribution in [-0.4, -0.2) is 11.9 Å². The van der Waals surface area contributed by atoms with E-state index in [0.29, 0.717) is 47.2 Å². The first-order valence-corrected chi connectivity index (χ1v) is 13.5. The maximum Gasteiger partial charge on any atom is 0.319 e. The van der Waals surface area contributed by atoms with Crippen LogP contribution in [0, 0.1) is 13.8 Å². The molecule has 0 spiro atoms. The molecule has 0 bridgehead atoms. The highest BCUT2D eigenvalue weighted by Gasteiger charge is 2.32. The van der Waals surface area contributed by atoms with Gasteiger partial charge in [0, 0.05) is 11.4 Å². The maximum absolute atomic E-state index is 13.6. The first-order valence-electron chi connectivity index (χ1n) is 13.5. The Balaban J connectivity index is 1.45. The molecule has 0 saturated carbocycles. The summed E-state index contributed by atoms with van der Waals surface area (Å²) in [6.45, 7) is 6.39. The molecule has 1 aliphatic heterocycles. The van der Waals surface area contributed by atoms with Crippen molar-refractivity contribution >= 4 is 17.6 Å². The predicted octanol–water partition coefficient (Wildman–Crippen LogP) is 6.73. The standard InChI is InChI=1S/C34H33N3O4/c1-22-14-16-28(23(2)18-22)36-33(38)31-24(3)35-34(39)37-32(31)27-15-17-29(40-20-25-10-6-4-7-11-25)30(19-27)41-21-26-12-8-5-9-13-26/h4-19,32H,20-21H2,1-3H3,(H,36,38)(H2,35,37,39)/t32-/m1/s1. The van der Waals surface area contributed by atoms with Gasteiger partial charge >= 0.3 is 6.03 Å². The van der Waals surface area contributed by atoms with Crippen LogP contribution < -0.4 is 25.4 Å². The van der Waals surface area contributed by atoms with Gasteiger partial charge < -0.3 is 25.4 Å². The van der Waals surface area contributed by atoms with Gasteiger partial charge in [0.25, 0.3) is 5.91 Å². The predicted molar refractivity (Wildman–Crippen MR) is 160 cm³/mol. The van der Waals surface area contributed by atoms with Crippen molar-refractivity contribution in [3.05, 3.63) is 136 Å². The zero-order chi connectivity index (χ0) is 28.8. The third-order valence-corrected chi connectivity index (χ3v) is 6.92. The fourth-order valence-corrected chi connectivity index (χ4v) is 4.80. The van der Waals surface area contributed by atoms with Crippen molar-refractivity contribution in [2.24, 2.45) is 0 Å². The number of allylic oxidation sites excluding steroid dienone is 1. The average molecular weight is 548 g/mol. The van der Waals surface area contributed by atoms with Crippen LogP contribution in [0.5, 0.6) is 11.5 Å². The summed E-state index contributed by atoms with van der Waals surface area (Å²) < 4.78 is 12.4. The number of urea groups is 1. The van der Waals surface area contributed by atoms with Gasteiger partial charge in [-0.3, -0.25) is 4.79 Å². The molecule has 1 heterocycles. The zero-order valence-corrected chi connectivity index (χ0v) is 23.4. The van der Waals surface area contributed by atoms with Crippen LogP contribution in [0.4, 0.5) is 10.5 Å². The molecular weight excluding hydrogens is 514 g/mol. The van der Waals surface area contributed by atoms with Crippen LogP contribution in [0.15, 0.2) is 108 Å². The summed E-state index contributed by atoms with van der Waals surface area (Å²) in [5.74, 6) is 0.778. The number of carbonyl (C=O) groups is 2. The third-order valence-electron chi connectivity index (χ3n) is 6.92. The Kier molecular flexibility index (Phi) is 8.34. The van der Waals surface area contributed by atoms with E-state index in [1.165, 1.54) is 0 Å². The number of anilines is 1. The fourth-order valence-electron chi connectivity index (χ4n) is 4.80. The lowest BCUT2D eigenvalue weighted by Crippen LogP contribution is -2.46. The quantitative estimate of drug-likeness (QED) is 0.217. The number of aryl methyl sites for hydroxylation is 2. The van der Waals surface area contributed by atoms with E-state index in [4.69, 9.17) is 9.47 Å². The summed E-state index contributed by atoms with van der Waals surface area (Å²) in [6, 6.07) is 30.0. The minimum absolute atomic E-state index is 0.303. The van der Waals surface area contributed by atoms with E-state index in [0.717, 1.165) is 22.3 Å². The molecule has 0 aromatic heterocycles. The SMILES string of the molecule is CC1=C(C(=O)Nc2ccc(C)cc2C)[C@@H](c2ccc(OCc3ccccc3)c(OCc3ccccc3)c2)NC(=O)N1. The molecule has 7 heteroatoms. The molecule has 7 nitrogen and oxygen atoms in total. The molecule has 0 fully saturated rings. The van der Waals surface area contributed by atoms with Crippen LogP contribution in [0.25, 0.3) is 0 Å². The maximum atomic E-state index is 13.6. The summed E-state index contributed by atoms with van der Waals surface area (Å²) in [6.07, 6.45) is 0. The third kappa shape index (κ3) is 6.76. The topological polar surface area (TPSA) is 88.7 Å². The number of carbonyl (C=O) groups excluding carboxylic acids is 2. The van der Waals surface area contributed by atoms with Gasteiger partial charge in [-0.1, -0.05) is 84.4 Å². The van der Waals surface area contributed by atoms with Crippen molar-refractivity contribution in [3.63, 3.8) is 0 Å². The number of nitrogens with one attached hydrogen (secondary N) is 3. The molecule has 3 amide bonds. The van der Waals surface area contributed by atoms with Crippen molar-refractivity contribution in [2.45, 2.75) is 40.0 Å². The number of hydrogen-bond donors (Lipinski definition) is 3. The molecule has 4 aromatic rings. The second kappa shape index (κ2) is 12.4. The Morgan fingerprint density at radius 2 is 1.41 bits per heavy atom. The largest absolute Gasteiger partial charge is 0.485 e. The second-order valence-corrected chi connectivity index (χ2v) is 10.1. The molecule has 0 aliphatic carbocycles. The highest BCUT2D eigenvalue weighted by molar-refractivity contribution is 6.07. The van der Waals surface area contributed by atoms with E-state index in [2.05, 4.69) is 16.0 Å². The molecule has 4 aromatic carbocycles. The van der Waals surface area contributed by atoms with Crippen LogP contribution in [0.3, 0.4) is 0 Å². The molecule has 1 atom stereocenters. The van der Waals surface area contributed by atoms with Gasteiger partial charge in [0.2, 0.25) is 0 Å². The number of benzene rings is 4. The smallest absolute Gasteiger partial charge is 0.319 e. The lowest BCUT2D eigenvalue weighted by Gasteiger charge is -2.29. The van der Waals surface area contributed by atoms with Crippen LogP contribution in [0.1, 0.15) is 40.8 Å². The van der Waals surface area contributed by atoms with Gasteiger partial charge in [-0.15, -0.1) is 0 Å². The molecule has 5 rings (SSSR count). The van der Waals surface area contributed by atoms with Gasteiger partial charge in [0.05, 0.1) is 11.6 Å². The Labute approximate surface area is 240 Å². The normalized spacial score (nSPS) is 14.6. The summed E-state index contributed by atoms with van der Waals surface area (Å²) >= 11 is 0. The first-order chi connectivity index (χ1) is 19.9. The van der Waals surface area contributed by atoms with Gasteiger partial charge in [-0.2, -0.15) is 0 Å². The highest BCUT2D eigenvalue weighted by atomic mass is 16.5. The summed E-state index contributed by atoms with van der Waals surface area (Å²) in [7, 11) is 0. The molecule has 208 valence electrons. The Hall–Kier alpha value is -5.04. The lowest BCUT2D eigenvalue weighted by atomic mass is 9.94. The van der Waals surface area contributed by atoms with Crippen molar-refractivity contribution in [2.75, 3.05) is 5.32 Å². The van der Waals surface area contributed by atoms with Gasteiger partial charge in [0.1, 0.15) is 13.2 Å². The molecule has 41 heavy (non-hydrogen) atoms. The lowest BCUT2D eigenvalue weighted by molar-refractivity contribution is -0.113. The van der Waals surface area contributed by atoms with Crippen molar-refractivity contribution in [1.29, 1.82) is 0 Å².